The van der Waals surface area contributed by atoms with E-state index in [1.807, 2.05) is 25.1 Å². The number of likely N-dealkylation sites (N-methyl/N-ethyl adjacent to an activating group) is 2. The van der Waals surface area contributed by atoms with Crippen LogP contribution in [0.1, 0.15) is 29.5 Å². The fraction of sp³-hybridized carbons (Fsp3) is 0.516. The number of Topliss-reactive ketones (excluding diaryl/α,β-unsaturated/α-hetero) is 2. The summed E-state index contributed by atoms with van der Waals surface area (Å²) >= 11 is 0. The van der Waals surface area contributed by atoms with Gasteiger partial charge in [-0.05, 0) is 58.0 Å². The third-order valence-electron chi connectivity index (χ3n) is 9.43. The molecule has 3 aliphatic carbocycles. The number of rotatable bonds is 7. The summed E-state index contributed by atoms with van der Waals surface area (Å²) in [4.78, 5) is 45.2. The van der Waals surface area contributed by atoms with Crippen LogP contribution in [0.25, 0.3) is 5.76 Å². The predicted molar refractivity (Wildman–Crippen MR) is 160 cm³/mol. The lowest BCUT2D eigenvalue weighted by Gasteiger charge is -2.50. The molecule has 43 heavy (non-hydrogen) atoms. The maximum absolute atomic E-state index is 14.1. The molecule has 0 aromatic heterocycles. The normalized spacial score (nSPS) is 27.6. The highest BCUT2D eigenvalue weighted by molar-refractivity contribution is 6.24. The number of anilines is 1. The first-order valence-corrected chi connectivity index (χ1v) is 14.5. The van der Waals surface area contributed by atoms with Crippen LogP contribution < -0.4 is 16.0 Å². The van der Waals surface area contributed by atoms with Crippen molar-refractivity contribution < 1.29 is 34.8 Å². The van der Waals surface area contributed by atoms with Crippen molar-refractivity contribution in [3.05, 3.63) is 51.3 Å². The van der Waals surface area contributed by atoms with Gasteiger partial charge in [-0.3, -0.25) is 19.3 Å². The van der Waals surface area contributed by atoms with E-state index in [9.17, 15) is 34.8 Å². The molecule has 12 nitrogen and oxygen atoms in total. The van der Waals surface area contributed by atoms with E-state index in [0.717, 1.165) is 25.2 Å². The standard InChI is InChI=1S/C31H41N5O7/c1-34(2)20-12-17(14-33-13-15-6-8-36(5)9-7-15)25(37)22-18(20)10-16-11-19-24(35(3)4)27(39)23(30(32)42)29(41)31(19,43)28(40)21(16)26(22)38/h6,12,16,19,24,33,37-38,41,43H,7-11,13-14H2,1-5H3,(H2,32,42)/t16-,19-,24-,31-/m0/s1. The van der Waals surface area contributed by atoms with Gasteiger partial charge < -0.3 is 41.3 Å². The van der Waals surface area contributed by atoms with Crippen LogP contribution in [0.5, 0.6) is 5.75 Å². The molecule has 0 unspecified atom stereocenters. The molecular weight excluding hydrogens is 554 g/mol. The van der Waals surface area contributed by atoms with Crippen molar-refractivity contribution in [1.29, 1.82) is 0 Å². The molecule has 0 saturated heterocycles. The van der Waals surface area contributed by atoms with Gasteiger partial charge in [-0.2, -0.15) is 0 Å². The molecule has 4 atom stereocenters. The lowest BCUT2D eigenvalue weighted by Crippen LogP contribution is -2.65. The fourth-order valence-corrected chi connectivity index (χ4v) is 7.21. The van der Waals surface area contributed by atoms with Crippen molar-refractivity contribution in [3.8, 4) is 5.75 Å². The Hall–Kier alpha value is -3.71. The zero-order valence-corrected chi connectivity index (χ0v) is 25.3. The highest BCUT2D eigenvalue weighted by atomic mass is 16.3. The second kappa shape index (κ2) is 11.1. The summed E-state index contributed by atoms with van der Waals surface area (Å²) in [6.45, 7) is 2.80. The van der Waals surface area contributed by atoms with Gasteiger partial charge in [-0.25, -0.2) is 0 Å². The Kier molecular flexibility index (Phi) is 7.93. The molecule has 232 valence electrons. The lowest BCUT2D eigenvalue weighted by atomic mass is 9.57. The average Bonchev–Trinajstić information content (AvgIpc) is 2.92. The molecule has 7 N–H and O–H groups in total. The molecule has 4 aliphatic rings. The Bertz CT molecular complexity index is 1490. The van der Waals surface area contributed by atoms with Crippen molar-refractivity contribution in [3.63, 3.8) is 0 Å². The van der Waals surface area contributed by atoms with Gasteiger partial charge in [0, 0.05) is 63.0 Å². The van der Waals surface area contributed by atoms with Crippen LogP contribution >= 0.6 is 0 Å². The molecule has 0 bridgehead atoms. The number of carbonyl (C=O) groups is 3. The van der Waals surface area contributed by atoms with Gasteiger partial charge in [-0.15, -0.1) is 0 Å². The molecule has 1 fully saturated rings. The minimum atomic E-state index is -2.66. The van der Waals surface area contributed by atoms with E-state index in [1.54, 1.807) is 14.1 Å². The topological polar surface area (TPSA) is 180 Å². The third-order valence-corrected chi connectivity index (χ3v) is 9.43. The van der Waals surface area contributed by atoms with Crippen LogP contribution in [0.2, 0.25) is 0 Å². The summed E-state index contributed by atoms with van der Waals surface area (Å²) in [7, 11) is 8.93. The number of phenols is 1. The summed E-state index contributed by atoms with van der Waals surface area (Å²) in [5, 5.41) is 49.3. The number of fused-ring (bicyclic) bond motifs is 3. The van der Waals surface area contributed by atoms with Crippen molar-refractivity contribution >= 4 is 28.9 Å². The Balaban J connectivity index is 1.59. The minimum Gasteiger partial charge on any atom is -0.508 e. The number of amides is 1. The summed E-state index contributed by atoms with van der Waals surface area (Å²) in [6.07, 6.45) is 3.42. The number of primary amides is 1. The Morgan fingerprint density at radius 2 is 1.86 bits per heavy atom. The SMILES string of the molecule is CN1CC=C(CNCc2cc(N(C)C)c3c(c2O)C(O)=C2C(=O)[C@]4(O)C(O)=C(C(N)=O)C(=O)[C@@H](N(C)C)[C@@H]4C[C@@H]2C3)CC1. The maximum atomic E-state index is 14.1. The highest BCUT2D eigenvalue weighted by Crippen LogP contribution is 2.54. The van der Waals surface area contributed by atoms with Gasteiger partial charge in [0.2, 0.25) is 5.78 Å². The van der Waals surface area contributed by atoms with E-state index in [0.29, 0.717) is 24.2 Å². The number of nitrogens with one attached hydrogen (secondary N) is 1. The van der Waals surface area contributed by atoms with E-state index in [2.05, 4.69) is 23.3 Å². The van der Waals surface area contributed by atoms with E-state index < -0.39 is 58.0 Å². The van der Waals surface area contributed by atoms with Crippen LogP contribution in [0.4, 0.5) is 5.69 Å². The largest absolute Gasteiger partial charge is 0.508 e. The van der Waals surface area contributed by atoms with Gasteiger partial charge >= 0.3 is 0 Å². The maximum Gasteiger partial charge on any atom is 0.255 e. The third kappa shape index (κ3) is 4.82. The molecule has 1 amide bonds. The Morgan fingerprint density at radius 1 is 1.16 bits per heavy atom. The van der Waals surface area contributed by atoms with Crippen LogP contribution in [0.15, 0.2) is 34.6 Å². The number of nitrogens with two attached hydrogens (primary N) is 1. The average molecular weight is 596 g/mol. The molecule has 1 aromatic rings. The zero-order valence-electron chi connectivity index (χ0n) is 25.3. The van der Waals surface area contributed by atoms with E-state index in [-0.39, 0.29) is 29.7 Å². The summed E-state index contributed by atoms with van der Waals surface area (Å²) < 4.78 is 0. The van der Waals surface area contributed by atoms with E-state index >= 15 is 0 Å². The minimum absolute atomic E-state index is 0.0486. The molecule has 5 rings (SSSR count). The Labute approximate surface area is 250 Å². The number of benzene rings is 1. The van der Waals surface area contributed by atoms with Gasteiger partial charge in [0.1, 0.15) is 22.8 Å². The van der Waals surface area contributed by atoms with Crippen LogP contribution in [-0.2, 0) is 27.3 Å². The number of ketones is 2. The number of phenolic OH excluding ortho intramolecular Hbond substituents is 1. The summed E-state index contributed by atoms with van der Waals surface area (Å²) in [5.74, 6) is -6.55. The van der Waals surface area contributed by atoms with Gasteiger partial charge in [0.05, 0.1) is 11.6 Å². The first-order valence-electron chi connectivity index (χ1n) is 14.5. The zero-order chi connectivity index (χ0) is 31.5. The van der Waals surface area contributed by atoms with Gasteiger partial charge in [0.15, 0.2) is 11.4 Å². The van der Waals surface area contributed by atoms with Gasteiger partial charge in [0.25, 0.3) is 5.91 Å². The number of hydrogen-bond acceptors (Lipinski definition) is 11. The monoisotopic (exact) mass is 595 g/mol. The number of aliphatic hydroxyl groups is 3. The highest BCUT2D eigenvalue weighted by Gasteiger charge is 2.64. The second-order valence-electron chi connectivity index (χ2n) is 12.6. The molecule has 1 saturated carbocycles. The molecule has 12 heteroatoms. The number of hydrogen-bond donors (Lipinski definition) is 6. The van der Waals surface area contributed by atoms with Crippen molar-refractivity contribution in [2.45, 2.75) is 37.5 Å². The number of aliphatic hydroxyl groups excluding tert-OH is 2. The van der Waals surface area contributed by atoms with Crippen LogP contribution in [0, 0.1) is 11.8 Å². The fourth-order valence-electron chi connectivity index (χ4n) is 7.21. The number of nitrogens with zero attached hydrogens (tertiary/aromatic N) is 3. The number of aromatic hydroxyl groups is 1. The summed E-state index contributed by atoms with van der Waals surface area (Å²) in [6, 6.07) is 0.747. The van der Waals surface area contributed by atoms with Crippen molar-refractivity contribution in [2.75, 3.05) is 59.8 Å². The van der Waals surface area contributed by atoms with Crippen LogP contribution in [0.3, 0.4) is 0 Å². The van der Waals surface area contributed by atoms with Crippen molar-refractivity contribution in [2.24, 2.45) is 17.6 Å². The molecule has 1 heterocycles. The first kappa shape index (κ1) is 30.7. The molecular formula is C31H41N5O7. The molecule has 1 aromatic carbocycles. The van der Waals surface area contributed by atoms with Crippen LogP contribution in [-0.4, -0.2) is 114 Å². The molecule has 0 radical (unpaired) electrons. The summed E-state index contributed by atoms with van der Waals surface area (Å²) in [5.41, 5.74) is 5.04. The molecule has 1 aliphatic heterocycles. The first-order chi connectivity index (χ1) is 20.2. The lowest BCUT2D eigenvalue weighted by molar-refractivity contribution is -0.153. The Morgan fingerprint density at radius 3 is 2.44 bits per heavy atom. The smallest absolute Gasteiger partial charge is 0.255 e. The van der Waals surface area contributed by atoms with Gasteiger partial charge in [-0.1, -0.05) is 11.6 Å². The predicted octanol–water partition coefficient (Wildman–Crippen LogP) is 0.382. The number of carbonyl (C=O) groups excluding carboxylic acids is 3. The molecule has 0 spiro atoms. The van der Waals surface area contributed by atoms with E-state index in [4.69, 9.17) is 5.73 Å². The van der Waals surface area contributed by atoms with Crippen molar-refractivity contribution in [1.82, 2.24) is 15.1 Å². The quantitative estimate of drug-likeness (QED) is 0.190. The second-order valence-corrected chi connectivity index (χ2v) is 12.6. The van der Waals surface area contributed by atoms with E-state index in [1.165, 1.54) is 10.5 Å².